The van der Waals surface area contributed by atoms with Crippen molar-refractivity contribution >= 4 is 29.0 Å². The zero-order valence-electron chi connectivity index (χ0n) is 21.2. The molecule has 2 aromatic heterocycles. The van der Waals surface area contributed by atoms with Crippen LogP contribution in [0.5, 0.6) is 5.75 Å². The van der Waals surface area contributed by atoms with Gasteiger partial charge in [-0.2, -0.15) is 5.10 Å². The first-order valence-electron chi connectivity index (χ1n) is 13.2. The number of anilines is 2. The minimum Gasteiger partial charge on any atom is -0.420 e. The lowest BCUT2D eigenvalue weighted by molar-refractivity contribution is -0.0964. The van der Waals surface area contributed by atoms with E-state index < -0.39 is 5.57 Å². The summed E-state index contributed by atoms with van der Waals surface area (Å²) in [4.78, 5) is 22.7. The van der Waals surface area contributed by atoms with Gasteiger partial charge in [-0.05, 0) is 74.2 Å². The number of piperazine rings is 1. The van der Waals surface area contributed by atoms with Crippen LogP contribution in [-0.4, -0.2) is 76.9 Å². The molecule has 0 spiro atoms. The third-order valence-electron chi connectivity index (χ3n) is 8.03. The van der Waals surface area contributed by atoms with Gasteiger partial charge in [0.2, 0.25) is 0 Å². The number of hydrogen-bond acceptors (Lipinski definition) is 7. The normalized spacial score (nSPS) is 23.6. The van der Waals surface area contributed by atoms with Gasteiger partial charge >= 0.3 is 5.57 Å². The number of amides is 1. The Hall–Kier alpha value is -3.28. The van der Waals surface area contributed by atoms with Crippen molar-refractivity contribution in [1.82, 2.24) is 25.4 Å². The number of nitrogens with zero attached hydrogens (tertiary/aromatic N) is 4. The highest BCUT2D eigenvalue weighted by Crippen LogP contribution is 2.38. The standard InChI is InChI=1S/C27H30ClF2N7O2/c28-27(29,30)39-22-3-1-20(2-4-22)34-26(38)19-13-23(24-5-6-33-35-24)25(32-16-19)37-9-7-36(8-10-37)21-11-17-14-31-15-18(17)12-21/h1-6,13,16-18,21,31H,7-12,14-15H2,(H,33,35)(H,34,38)/t17-,18+,21?. The molecule has 9 nitrogen and oxygen atoms in total. The van der Waals surface area contributed by atoms with E-state index >= 15 is 0 Å². The van der Waals surface area contributed by atoms with Crippen molar-refractivity contribution in [2.24, 2.45) is 11.8 Å². The molecule has 1 amide bonds. The Labute approximate surface area is 229 Å². The largest absolute Gasteiger partial charge is 0.487 e. The number of carbonyl (C=O) groups is 1. The van der Waals surface area contributed by atoms with Crippen molar-refractivity contribution in [2.75, 3.05) is 49.5 Å². The number of H-pyrrole nitrogens is 1. The molecule has 0 bridgehead atoms. The zero-order chi connectivity index (χ0) is 27.0. The summed E-state index contributed by atoms with van der Waals surface area (Å²) in [7, 11) is 0. The average Bonchev–Trinajstić information content (AvgIpc) is 3.67. The van der Waals surface area contributed by atoms with E-state index in [0.717, 1.165) is 68.2 Å². The summed E-state index contributed by atoms with van der Waals surface area (Å²) in [6.45, 7) is 6.01. The molecule has 1 aliphatic carbocycles. The van der Waals surface area contributed by atoms with Crippen LogP contribution in [-0.2, 0) is 0 Å². The van der Waals surface area contributed by atoms with E-state index in [2.05, 4.69) is 35.4 Å². The van der Waals surface area contributed by atoms with E-state index in [4.69, 9.17) is 16.6 Å². The molecule has 3 fully saturated rings. The van der Waals surface area contributed by atoms with Crippen LogP contribution in [0.4, 0.5) is 20.3 Å². The summed E-state index contributed by atoms with van der Waals surface area (Å²) in [6, 6.07) is 9.85. The predicted molar refractivity (Wildman–Crippen MR) is 144 cm³/mol. The number of pyridine rings is 1. The van der Waals surface area contributed by atoms with Crippen molar-refractivity contribution in [3.8, 4) is 17.0 Å². The minimum atomic E-state index is -3.80. The molecule has 6 rings (SSSR count). The molecule has 2 saturated heterocycles. The molecule has 3 aromatic rings. The maximum absolute atomic E-state index is 13.0. The summed E-state index contributed by atoms with van der Waals surface area (Å²) < 4.78 is 30.0. The van der Waals surface area contributed by atoms with Crippen LogP contribution in [0, 0.1) is 11.8 Å². The molecule has 3 aliphatic rings. The maximum atomic E-state index is 13.0. The van der Waals surface area contributed by atoms with Gasteiger partial charge < -0.3 is 20.3 Å². The Morgan fingerprint density at radius 3 is 2.44 bits per heavy atom. The van der Waals surface area contributed by atoms with Crippen LogP contribution in [0.1, 0.15) is 23.2 Å². The molecule has 0 radical (unpaired) electrons. The summed E-state index contributed by atoms with van der Waals surface area (Å²) in [6.07, 6.45) is 5.80. The van der Waals surface area contributed by atoms with Gasteiger partial charge in [0.15, 0.2) is 0 Å². The maximum Gasteiger partial charge on any atom is 0.487 e. The minimum absolute atomic E-state index is 0.117. The molecular weight excluding hydrogens is 528 g/mol. The number of fused-ring (bicyclic) bond motifs is 1. The first-order valence-corrected chi connectivity index (χ1v) is 13.6. The number of aromatic nitrogens is 3. The Kier molecular flexibility index (Phi) is 7.13. The molecule has 1 aromatic carbocycles. The molecule has 4 heterocycles. The van der Waals surface area contributed by atoms with Gasteiger partial charge in [0.1, 0.15) is 11.6 Å². The lowest BCUT2D eigenvalue weighted by Crippen LogP contribution is -2.50. The van der Waals surface area contributed by atoms with Crippen molar-refractivity contribution in [1.29, 1.82) is 0 Å². The van der Waals surface area contributed by atoms with Gasteiger partial charge in [-0.1, -0.05) is 0 Å². The number of benzene rings is 1. The van der Waals surface area contributed by atoms with Gasteiger partial charge in [-0.3, -0.25) is 14.8 Å². The molecule has 1 saturated carbocycles. The number of carbonyl (C=O) groups excluding carboxylic acids is 1. The summed E-state index contributed by atoms with van der Waals surface area (Å²) in [5, 5.41) is 13.4. The summed E-state index contributed by atoms with van der Waals surface area (Å²) in [5.41, 5.74) is -1.46. The van der Waals surface area contributed by atoms with Crippen molar-refractivity contribution in [3.63, 3.8) is 0 Å². The number of aromatic amines is 1. The monoisotopic (exact) mass is 557 g/mol. The number of halogens is 3. The van der Waals surface area contributed by atoms with Crippen molar-refractivity contribution in [2.45, 2.75) is 24.5 Å². The van der Waals surface area contributed by atoms with E-state index in [1.807, 2.05) is 6.07 Å². The van der Waals surface area contributed by atoms with Gasteiger partial charge in [0.05, 0.1) is 11.3 Å². The molecule has 12 heteroatoms. The van der Waals surface area contributed by atoms with E-state index in [1.54, 1.807) is 18.5 Å². The van der Waals surface area contributed by atoms with E-state index in [-0.39, 0.29) is 11.7 Å². The van der Waals surface area contributed by atoms with Crippen LogP contribution >= 0.6 is 11.6 Å². The summed E-state index contributed by atoms with van der Waals surface area (Å²) in [5.74, 6) is 1.96. The SMILES string of the molecule is O=C(Nc1ccc(OC(F)(F)Cl)cc1)c1cnc(N2CCN(C3C[C@H]4CNC[C@H]4C3)CC2)c(-c2ccn[nH]2)c1. The highest BCUT2D eigenvalue weighted by molar-refractivity contribution is 6.20. The molecular formula is C27H30ClF2N7O2. The zero-order valence-corrected chi connectivity index (χ0v) is 22.0. The van der Waals surface area contributed by atoms with Crippen molar-refractivity contribution in [3.05, 3.63) is 54.4 Å². The van der Waals surface area contributed by atoms with E-state index in [9.17, 15) is 13.6 Å². The molecule has 2 aliphatic heterocycles. The Morgan fingerprint density at radius 1 is 1.08 bits per heavy atom. The van der Waals surface area contributed by atoms with E-state index in [0.29, 0.717) is 17.3 Å². The first kappa shape index (κ1) is 26.0. The highest BCUT2D eigenvalue weighted by Gasteiger charge is 2.40. The fraction of sp³-hybridized carbons (Fsp3) is 0.444. The van der Waals surface area contributed by atoms with Crippen LogP contribution in [0.15, 0.2) is 48.8 Å². The number of ether oxygens (including phenoxy) is 1. The Balaban J connectivity index is 1.14. The van der Waals surface area contributed by atoms with Crippen LogP contribution in [0.3, 0.4) is 0 Å². The van der Waals surface area contributed by atoms with Gasteiger partial charge in [0, 0.05) is 67.5 Å². The average molecular weight is 558 g/mol. The smallest absolute Gasteiger partial charge is 0.420 e. The molecule has 1 unspecified atom stereocenters. The van der Waals surface area contributed by atoms with Gasteiger partial charge in [0.25, 0.3) is 5.91 Å². The lowest BCUT2D eigenvalue weighted by Gasteiger charge is -2.39. The highest BCUT2D eigenvalue weighted by atomic mass is 35.5. The van der Waals surface area contributed by atoms with E-state index in [1.165, 1.54) is 37.1 Å². The van der Waals surface area contributed by atoms with Crippen LogP contribution < -0.4 is 20.3 Å². The van der Waals surface area contributed by atoms with Gasteiger partial charge in [-0.15, -0.1) is 8.78 Å². The number of hydrogen-bond donors (Lipinski definition) is 3. The third kappa shape index (κ3) is 5.85. The summed E-state index contributed by atoms with van der Waals surface area (Å²) >= 11 is 4.81. The second-order valence-electron chi connectivity index (χ2n) is 10.4. The Morgan fingerprint density at radius 2 is 1.79 bits per heavy atom. The number of nitrogens with one attached hydrogen (secondary N) is 3. The second-order valence-corrected chi connectivity index (χ2v) is 10.9. The molecule has 3 atom stereocenters. The topological polar surface area (TPSA) is 98.4 Å². The quantitative estimate of drug-likeness (QED) is 0.378. The van der Waals surface area contributed by atoms with Crippen molar-refractivity contribution < 1.29 is 18.3 Å². The predicted octanol–water partition coefficient (Wildman–Crippen LogP) is 4.01. The molecule has 3 N–H and O–H groups in total. The fourth-order valence-corrected chi connectivity index (χ4v) is 6.20. The Bertz CT molecular complexity index is 1280. The first-order chi connectivity index (χ1) is 18.8. The lowest BCUT2D eigenvalue weighted by atomic mass is 10.0. The molecule has 206 valence electrons. The van der Waals surface area contributed by atoms with Crippen LogP contribution in [0.25, 0.3) is 11.3 Å². The fourth-order valence-electron chi connectivity index (χ4n) is 6.11. The van der Waals surface area contributed by atoms with Crippen LogP contribution in [0.2, 0.25) is 0 Å². The number of alkyl halides is 3. The number of rotatable bonds is 7. The second kappa shape index (κ2) is 10.7. The third-order valence-corrected chi connectivity index (χ3v) is 8.10. The van der Waals surface area contributed by atoms with Gasteiger partial charge in [-0.25, -0.2) is 4.98 Å². The molecule has 39 heavy (non-hydrogen) atoms.